The molecule has 2 aliphatic rings. The van der Waals surface area contributed by atoms with Crippen LogP contribution in [-0.2, 0) is 0 Å². The number of ether oxygens (including phenoxy) is 2. The van der Waals surface area contributed by atoms with Crippen LogP contribution in [-0.4, -0.2) is 96.5 Å². The summed E-state index contributed by atoms with van der Waals surface area (Å²) in [6, 6.07) is 5.97. The molecule has 1 aromatic carbocycles. The molecule has 0 aliphatic carbocycles. The summed E-state index contributed by atoms with van der Waals surface area (Å²) in [7, 11) is 5.55. The van der Waals surface area contributed by atoms with Crippen molar-refractivity contribution in [3.05, 3.63) is 30.7 Å². The van der Waals surface area contributed by atoms with E-state index in [-0.39, 0.29) is 0 Å². The Labute approximate surface area is 194 Å². The SMILES string of the molecule is COc1ccc(-c2cnc3ncnn3c2N2CCN(CC3CCCN(C)C3)CC2)cc1OC. The van der Waals surface area contributed by atoms with Gasteiger partial charge in [0.2, 0.25) is 0 Å². The summed E-state index contributed by atoms with van der Waals surface area (Å²) < 4.78 is 12.8. The molecule has 0 saturated carbocycles. The Kier molecular flexibility index (Phi) is 6.32. The van der Waals surface area contributed by atoms with E-state index in [1.165, 1.54) is 32.5 Å². The largest absolute Gasteiger partial charge is 0.493 e. The van der Waals surface area contributed by atoms with Crippen LogP contribution in [0.4, 0.5) is 5.82 Å². The summed E-state index contributed by atoms with van der Waals surface area (Å²) in [5.74, 6) is 3.82. The maximum atomic E-state index is 5.55. The molecule has 176 valence electrons. The normalized spacial score (nSPS) is 20.3. The first-order chi connectivity index (χ1) is 16.2. The number of piperazine rings is 1. The summed E-state index contributed by atoms with van der Waals surface area (Å²) in [5, 5.41) is 4.50. The predicted molar refractivity (Wildman–Crippen MR) is 128 cm³/mol. The Hall–Kier alpha value is -2.91. The van der Waals surface area contributed by atoms with Gasteiger partial charge in [-0.15, -0.1) is 0 Å². The van der Waals surface area contributed by atoms with E-state index in [0.717, 1.165) is 49.0 Å². The Balaban J connectivity index is 1.40. The second-order valence-electron chi connectivity index (χ2n) is 9.10. The van der Waals surface area contributed by atoms with Gasteiger partial charge in [-0.1, -0.05) is 6.07 Å². The zero-order chi connectivity index (χ0) is 22.8. The molecule has 0 spiro atoms. The standard InChI is InChI=1S/C24H33N7O2/c1-28-8-4-5-18(15-28)16-29-9-11-30(12-10-29)23-20(14-25-24-26-17-27-31(23)24)19-6-7-21(32-2)22(13-19)33-3/h6-7,13-14,17-18H,4-5,8-12,15-16H2,1-3H3. The lowest BCUT2D eigenvalue weighted by Crippen LogP contribution is -2.50. The second kappa shape index (κ2) is 9.52. The zero-order valence-corrected chi connectivity index (χ0v) is 19.8. The van der Waals surface area contributed by atoms with E-state index in [1.54, 1.807) is 20.5 Å². The van der Waals surface area contributed by atoms with E-state index in [4.69, 9.17) is 9.47 Å². The predicted octanol–water partition coefficient (Wildman–Crippen LogP) is 2.27. The van der Waals surface area contributed by atoms with Gasteiger partial charge < -0.3 is 19.3 Å². The summed E-state index contributed by atoms with van der Waals surface area (Å²) in [6.07, 6.45) is 6.12. The van der Waals surface area contributed by atoms with E-state index in [2.05, 4.69) is 36.8 Å². The molecule has 5 rings (SSSR count). The van der Waals surface area contributed by atoms with Gasteiger partial charge in [0, 0.05) is 51.0 Å². The molecule has 1 atom stereocenters. The van der Waals surface area contributed by atoms with Crippen molar-refractivity contribution in [2.45, 2.75) is 12.8 Å². The number of hydrogen-bond acceptors (Lipinski definition) is 8. The second-order valence-corrected chi connectivity index (χ2v) is 9.10. The van der Waals surface area contributed by atoms with Crippen LogP contribution in [0, 0.1) is 5.92 Å². The van der Waals surface area contributed by atoms with Gasteiger partial charge in [0.05, 0.1) is 14.2 Å². The quantitative estimate of drug-likeness (QED) is 0.565. The van der Waals surface area contributed by atoms with Gasteiger partial charge in [-0.3, -0.25) is 4.90 Å². The average Bonchev–Trinajstić information content (AvgIpc) is 3.32. The minimum atomic E-state index is 0.613. The fourth-order valence-corrected chi connectivity index (χ4v) is 5.21. The van der Waals surface area contributed by atoms with Crippen molar-refractivity contribution in [1.82, 2.24) is 29.4 Å². The molecule has 3 aromatic rings. The van der Waals surface area contributed by atoms with E-state index in [0.29, 0.717) is 17.3 Å². The summed E-state index contributed by atoms with van der Waals surface area (Å²) in [4.78, 5) is 16.4. The minimum absolute atomic E-state index is 0.613. The highest BCUT2D eigenvalue weighted by Crippen LogP contribution is 2.36. The number of benzene rings is 1. The van der Waals surface area contributed by atoms with E-state index < -0.39 is 0 Å². The first-order valence-corrected chi connectivity index (χ1v) is 11.7. The van der Waals surface area contributed by atoms with Gasteiger partial charge in [0.1, 0.15) is 12.1 Å². The molecule has 2 aromatic heterocycles. The number of nitrogens with zero attached hydrogens (tertiary/aromatic N) is 7. The number of aromatic nitrogens is 4. The number of fused-ring (bicyclic) bond motifs is 1. The lowest BCUT2D eigenvalue weighted by molar-refractivity contribution is 0.147. The van der Waals surface area contributed by atoms with Crippen molar-refractivity contribution in [1.29, 1.82) is 0 Å². The molecule has 2 fully saturated rings. The summed E-state index contributed by atoms with van der Waals surface area (Å²) in [5.41, 5.74) is 2.02. The zero-order valence-electron chi connectivity index (χ0n) is 19.8. The molecular weight excluding hydrogens is 418 g/mol. The number of piperidine rings is 1. The molecule has 33 heavy (non-hydrogen) atoms. The van der Waals surface area contributed by atoms with Crippen molar-refractivity contribution in [3.8, 4) is 22.6 Å². The maximum Gasteiger partial charge on any atom is 0.254 e. The molecule has 2 aliphatic heterocycles. The summed E-state index contributed by atoms with van der Waals surface area (Å²) >= 11 is 0. The van der Waals surface area contributed by atoms with Crippen LogP contribution in [0.1, 0.15) is 12.8 Å². The van der Waals surface area contributed by atoms with Crippen molar-refractivity contribution in [3.63, 3.8) is 0 Å². The molecule has 9 heteroatoms. The van der Waals surface area contributed by atoms with Crippen molar-refractivity contribution >= 4 is 11.6 Å². The highest BCUT2D eigenvalue weighted by atomic mass is 16.5. The number of rotatable bonds is 6. The smallest absolute Gasteiger partial charge is 0.254 e. The molecular formula is C24H33N7O2. The van der Waals surface area contributed by atoms with Crippen molar-refractivity contribution in [2.24, 2.45) is 5.92 Å². The van der Waals surface area contributed by atoms with Crippen molar-refractivity contribution in [2.75, 3.05) is 72.0 Å². The van der Waals surface area contributed by atoms with Gasteiger partial charge >= 0.3 is 0 Å². The third kappa shape index (κ3) is 4.47. The van der Waals surface area contributed by atoms with Crippen LogP contribution in [0.2, 0.25) is 0 Å². The molecule has 2 saturated heterocycles. The number of anilines is 1. The van der Waals surface area contributed by atoms with Gasteiger partial charge in [0.25, 0.3) is 5.78 Å². The first-order valence-electron chi connectivity index (χ1n) is 11.7. The van der Waals surface area contributed by atoms with E-state index in [9.17, 15) is 0 Å². The summed E-state index contributed by atoms with van der Waals surface area (Å²) in [6.45, 7) is 7.63. The van der Waals surface area contributed by atoms with Gasteiger partial charge in [-0.2, -0.15) is 14.6 Å². The fourth-order valence-electron chi connectivity index (χ4n) is 5.21. The van der Waals surface area contributed by atoms with E-state index in [1.807, 2.05) is 28.9 Å². The van der Waals surface area contributed by atoms with Crippen LogP contribution in [0.25, 0.3) is 16.9 Å². The minimum Gasteiger partial charge on any atom is -0.493 e. The Morgan fingerprint density at radius 3 is 2.58 bits per heavy atom. The van der Waals surface area contributed by atoms with Crippen LogP contribution in [0.3, 0.4) is 0 Å². The topological polar surface area (TPSA) is 71.3 Å². The van der Waals surface area contributed by atoms with Gasteiger partial charge in [0.15, 0.2) is 11.5 Å². The molecule has 0 N–H and O–H groups in total. The Morgan fingerprint density at radius 2 is 1.82 bits per heavy atom. The number of methoxy groups -OCH3 is 2. The monoisotopic (exact) mass is 451 g/mol. The van der Waals surface area contributed by atoms with Crippen LogP contribution < -0.4 is 14.4 Å². The van der Waals surface area contributed by atoms with Crippen LogP contribution >= 0.6 is 0 Å². The molecule has 0 radical (unpaired) electrons. The number of likely N-dealkylation sites (tertiary alicyclic amines) is 1. The van der Waals surface area contributed by atoms with Crippen LogP contribution in [0.5, 0.6) is 11.5 Å². The fraction of sp³-hybridized carbons (Fsp3) is 0.542. The lowest BCUT2D eigenvalue weighted by atomic mass is 9.97. The van der Waals surface area contributed by atoms with E-state index >= 15 is 0 Å². The highest BCUT2D eigenvalue weighted by Gasteiger charge is 2.26. The molecule has 4 heterocycles. The van der Waals surface area contributed by atoms with Crippen molar-refractivity contribution < 1.29 is 9.47 Å². The third-order valence-electron chi connectivity index (χ3n) is 6.89. The highest BCUT2D eigenvalue weighted by molar-refractivity contribution is 5.78. The molecule has 0 amide bonds. The molecule has 9 nitrogen and oxygen atoms in total. The van der Waals surface area contributed by atoms with Crippen LogP contribution in [0.15, 0.2) is 30.7 Å². The Bertz CT molecular complexity index is 1090. The third-order valence-corrected chi connectivity index (χ3v) is 6.89. The first kappa shape index (κ1) is 21.9. The average molecular weight is 452 g/mol. The van der Waals surface area contributed by atoms with Gasteiger partial charge in [-0.25, -0.2) is 4.98 Å². The number of hydrogen-bond donors (Lipinski definition) is 0. The molecule has 0 bridgehead atoms. The Morgan fingerprint density at radius 1 is 1.00 bits per heavy atom. The maximum absolute atomic E-state index is 5.55. The molecule has 1 unspecified atom stereocenters. The lowest BCUT2D eigenvalue weighted by Gasteiger charge is -2.39. The van der Waals surface area contributed by atoms with Gasteiger partial charge in [-0.05, 0) is 50.0 Å².